The van der Waals surface area contributed by atoms with Gasteiger partial charge in [0.15, 0.2) is 23.1 Å². The first-order chi connectivity index (χ1) is 11.7. The Bertz CT molecular complexity index is 757. The minimum Gasteiger partial charge on any atom is -0.487 e. The van der Waals surface area contributed by atoms with Gasteiger partial charge in [-0.2, -0.15) is 0 Å². The molecule has 0 aliphatic carbocycles. The van der Waals surface area contributed by atoms with Gasteiger partial charge in [-0.3, -0.25) is 0 Å². The quantitative estimate of drug-likeness (QED) is 0.462. The first kappa shape index (κ1) is 15.9. The van der Waals surface area contributed by atoms with E-state index in [4.69, 9.17) is 18.9 Å². The van der Waals surface area contributed by atoms with Gasteiger partial charge in [-0.25, -0.2) is 9.18 Å². The Labute approximate surface area is 138 Å². The second-order valence-electron chi connectivity index (χ2n) is 4.89. The van der Waals surface area contributed by atoms with E-state index in [0.29, 0.717) is 11.5 Å². The first-order valence-electron chi connectivity index (χ1n) is 7.34. The molecule has 0 radical (unpaired) electrons. The molecule has 0 bridgehead atoms. The Kier molecular flexibility index (Phi) is 4.96. The largest absolute Gasteiger partial charge is 0.487 e. The molecule has 0 aromatic heterocycles. The maximum Gasteiger partial charge on any atom is 0.330 e. The lowest BCUT2D eigenvalue weighted by molar-refractivity contribution is -0.138. The van der Waals surface area contributed by atoms with Crippen molar-refractivity contribution in [1.29, 1.82) is 0 Å². The van der Waals surface area contributed by atoms with Gasteiger partial charge < -0.3 is 18.9 Å². The summed E-state index contributed by atoms with van der Waals surface area (Å²) in [6.07, 6.45) is 2.92. The van der Waals surface area contributed by atoms with Crippen molar-refractivity contribution in [3.8, 4) is 17.2 Å². The van der Waals surface area contributed by atoms with E-state index >= 15 is 0 Å². The van der Waals surface area contributed by atoms with Gasteiger partial charge in [-0.1, -0.05) is 18.2 Å². The van der Waals surface area contributed by atoms with E-state index in [1.54, 1.807) is 36.4 Å². The Morgan fingerprint density at radius 3 is 2.83 bits per heavy atom. The standard InChI is InChI=1S/C18H15FO5/c19-14-3-1-2-4-15(14)21-9-10-22-18(20)8-6-13-5-7-16-17(11-13)24-12-23-16/h1-8,11H,9-10,12H2/b8-6+. The third-order valence-corrected chi connectivity index (χ3v) is 3.23. The van der Waals surface area contributed by atoms with Gasteiger partial charge in [-0.05, 0) is 35.9 Å². The first-order valence-corrected chi connectivity index (χ1v) is 7.34. The van der Waals surface area contributed by atoms with Gasteiger partial charge >= 0.3 is 5.97 Å². The van der Waals surface area contributed by atoms with Gasteiger partial charge in [0.2, 0.25) is 6.79 Å². The van der Waals surface area contributed by atoms with E-state index in [0.717, 1.165) is 5.56 Å². The number of fused-ring (bicyclic) bond motifs is 1. The number of carbonyl (C=O) groups excluding carboxylic acids is 1. The van der Waals surface area contributed by atoms with Crippen molar-refractivity contribution in [3.63, 3.8) is 0 Å². The summed E-state index contributed by atoms with van der Waals surface area (Å²) < 4.78 is 34.0. The Balaban J connectivity index is 1.43. The van der Waals surface area contributed by atoms with Crippen molar-refractivity contribution in [3.05, 3.63) is 59.9 Å². The summed E-state index contributed by atoms with van der Waals surface area (Å²) in [6, 6.07) is 11.4. The number of ether oxygens (including phenoxy) is 4. The predicted octanol–water partition coefficient (Wildman–Crippen LogP) is 3.19. The molecule has 3 rings (SSSR count). The second-order valence-corrected chi connectivity index (χ2v) is 4.89. The van der Waals surface area contributed by atoms with E-state index in [-0.39, 0.29) is 25.8 Å². The smallest absolute Gasteiger partial charge is 0.330 e. The number of para-hydroxylation sites is 1. The SMILES string of the molecule is O=C(/C=C/c1ccc2c(c1)OCO2)OCCOc1ccccc1F. The second kappa shape index (κ2) is 7.50. The lowest BCUT2D eigenvalue weighted by Crippen LogP contribution is -2.10. The molecule has 0 N–H and O–H groups in total. The topological polar surface area (TPSA) is 54.0 Å². The van der Waals surface area contributed by atoms with Crippen molar-refractivity contribution in [2.75, 3.05) is 20.0 Å². The zero-order chi connectivity index (χ0) is 16.8. The fourth-order valence-corrected chi connectivity index (χ4v) is 2.08. The summed E-state index contributed by atoms with van der Waals surface area (Å²) >= 11 is 0. The van der Waals surface area contributed by atoms with Crippen LogP contribution in [0.4, 0.5) is 4.39 Å². The van der Waals surface area contributed by atoms with Crippen LogP contribution in [0.15, 0.2) is 48.5 Å². The van der Waals surface area contributed by atoms with Crippen LogP contribution in [0.3, 0.4) is 0 Å². The Hall–Kier alpha value is -3.02. The molecule has 5 nitrogen and oxygen atoms in total. The van der Waals surface area contributed by atoms with E-state index in [9.17, 15) is 9.18 Å². The van der Waals surface area contributed by atoms with Crippen molar-refractivity contribution >= 4 is 12.0 Å². The van der Waals surface area contributed by atoms with E-state index in [1.807, 2.05) is 0 Å². The van der Waals surface area contributed by atoms with Crippen molar-refractivity contribution < 1.29 is 28.1 Å². The fourth-order valence-electron chi connectivity index (χ4n) is 2.08. The van der Waals surface area contributed by atoms with Gasteiger partial charge in [0, 0.05) is 6.08 Å². The molecule has 6 heteroatoms. The molecule has 0 saturated carbocycles. The Morgan fingerprint density at radius 2 is 1.96 bits per heavy atom. The highest BCUT2D eigenvalue weighted by atomic mass is 19.1. The van der Waals surface area contributed by atoms with Crippen LogP contribution in [0, 0.1) is 5.82 Å². The van der Waals surface area contributed by atoms with E-state index in [1.165, 1.54) is 18.2 Å². The van der Waals surface area contributed by atoms with Crippen molar-refractivity contribution in [2.45, 2.75) is 0 Å². The molecule has 1 heterocycles. The van der Waals surface area contributed by atoms with Crippen molar-refractivity contribution in [1.82, 2.24) is 0 Å². The molecule has 0 unspecified atom stereocenters. The van der Waals surface area contributed by atoms with Gasteiger partial charge in [0.1, 0.15) is 13.2 Å². The van der Waals surface area contributed by atoms with Gasteiger partial charge in [0.05, 0.1) is 0 Å². The van der Waals surface area contributed by atoms with E-state index in [2.05, 4.69) is 0 Å². The molecule has 124 valence electrons. The average Bonchev–Trinajstić information content (AvgIpc) is 3.06. The molecule has 0 saturated heterocycles. The highest BCUT2D eigenvalue weighted by Gasteiger charge is 2.12. The molecule has 2 aromatic carbocycles. The van der Waals surface area contributed by atoms with Crippen LogP contribution in [0.1, 0.15) is 5.56 Å². The van der Waals surface area contributed by atoms with Crippen LogP contribution < -0.4 is 14.2 Å². The maximum absolute atomic E-state index is 13.3. The molecule has 1 aliphatic heterocycles. The summed E-state index contributed by atoms with van der Waals surface area (Å²) in [6.45, 7) is 0.301. The van der Waals surface area contributed by atoms with Crippen LogP contribution in [0.25, 0.3) is 6.08 Å². The molecule has 0 fully saturated rings. The van der Waals surface area contributed by atoms with Crippen LogP contribution in [0.2, 0.25) is 0 Å². The number of hydrogen-bond acceptors (Lipinski definition) is 5. The van der Waals surface area contributed by atoms with Crippen LogP contribution in [-0.2, 0) is 9.53 Å². The minimum absolute atomic E-state index is 0.0264. The maximum atomic E-state index is 13.3. The van der Waals surface area contributed by atoms with Crippen molar-refractivity contribution in [2.24, 2.45) is 0 Å². The third-order valence-electron chi connectivity index (χ3n) is 3.23. The number of benzene rings is 2. The summed E-state index contributed by atoms with van der Waals surface area (Å²) in [5.41, 5.74) is 0.791. The summed E-state index contributed by atoms with van der Waals surface area (Å²) in [4.78, 5) is 11.6. The normalized spacial score (nSPS) is 12.4. The van der Waals surface area contributed by atoms with Gasteiger partial charge in [-0.15, -0.1) is 0 Å². The summed E-state index contributed by atoms with van der Waals surface area (Å²) in [5, 5.41) is 0. The molecular formula is C18H15FO5. The molecule has 0 amide bonds. The number of rotatable bonds is 6. The Morgan fingerprint density at radius 1 is 1.12 bits per heavy atom. The lowest BCUT2D eigenvalue weighted by atomic mass is 10.2. The predicted molar refractivity (Wildman–Crippen MR) is 84.5 cm³/mol. The zero-order valence-corrected chi connectivity index (χ0v) is 12.7. The molecule has 2 aromatic rings. The fraction of sp³-hybridized carbons (Fsp3) is 0.167. The highest BCUT2D eigenvalue weighted by molar-refractivity contribution is 5.87. The van der Waals surface area contributed by atoms with E-state index < -0.39 is 11.8 Å². The summed E-state index contributed by atoms with van der Waals surface area (Å²) in [5.74, 6) is 0.490. The van der Waals surface area contributed by atoms with Crippen LogP contribution >= 0.6 is 0 Å². The number of halogens is 1. The highest BCUT2D eigenvalue weighted by Crippen LogP contribution is 2.32. The molecule has 0 atom stereocenters. The van der Waals surface area contributed by atoms with Crippen LogP contribution in [-0.4, -0.2) is 26.0 Å². The third kappa shape index (κ3) is 4.04. The number of carbonyl (C=O) groups is 1. The molecule has 1 aliphatic rings. The zero-order valence-electron chi connectivity index (χ0n) is 12.7. The minimum atomic E-state index is -0.509. The number of hydrogen-bond donors (Lipinski definition) is 0. The molecule has 0 spiro atoms. The molecular weight excluding hydrogens is 315 g/mol. The molecule has 24 heavy (non-hydrogen) atoms. The lowest BCUT2D eigenvalue weighted by Gasteiger charge is -2.06. The monoisotopic (exact) mass is 330 g/mol. The summed E-state index contributed by atoms with van der Waals surface area (Å²) in [7, 11) is 0. The number of esters is 1. The average molecular weight is 330 g/mol. The van der Waals surface area contributed by atoms with Gasteiger partial charge in [0.25, 0.3) is 0 Å². The van der Waals surface area contributed by atoms with Crippen LogP contribution in [0.5, 0.6) is 17.2 Å².